The van der Waals surface area contributed by atoms with Gasteiger partial charge in [0.15, 0.2) is 0 Å². The van der Waals surface area contributed by atoms with Gasteiger partial charge in [0, 0.05) is 18.5 Å². The van der Waals surface area contributed by atoms with Crippen molar-refractivity contribution in [3.05, 3.63) is 23.3 Å². The lowest BCUT2D eigenvalue weighted by Gasteiger charge is -2.40. The molecule has 1 amide bonds. The van der Waals surface area contributed by atoms with Crippen LogP contribution in [0.25, 0.3) is 0 Å². The van der Waals surface area contributed by atoms with Crippen LogP contribution in [0.2, 0.25) is 0 Å². The number of anilines is 1. The summed E-state index contributed by atoms with van der Waals surface area (Å²) in [5, 5.41) is 0. The van der Waals surface area contributed by atoms with E-state index in [4.69, 9.17) is 10.5 Å². The summed E-state index contributed by atoms with van der Waals surface area (Å²) in [6.07, 6.45) is -4.94. The van der Waals surface area contributed by atoms with Gasteiger partial charge in [-0.25, -0.2) is 0 Å². The first-order valence-electron chi connectivity index (χ1n) is 7.37. The van der Waals surface area contributed by atoms with Crippen molar-refractivity contribution >= 4 is 11.6 Å². The van der Waals surface area contributed by atoms with Crippen LogP contribution < -0.4 is 10.5 Å². The molecule has 1 aliphatic rings. The Hall–Kier alpha value is -1.92. The van der Waals surface area contributed by atoms with E-state index in [0.29, 0.717) is 17.0 Å². The minimum atomic E-state index is -4.88. The van der Waals surface area contributed by atoms with Gasteiger partial charge >= 0.3 is 12.1 Å². The molecule has 7 heteroatoms. The highest BCUT2D eigenvalue weighted by Gasteiger charge is 2.46. The zero-order valence-corrected chi connectivity index (χ0v) is 13.6. The highest BCUT2D eigenvalue weighted by atomic mass is 19.4. The van der Waals surface area contributed by atoms with Crippen molar-refractivity contribution < 1.29 is 22.7 Å². The zero-order valence-electron chi connectivity index (χ0n) is 13.6. The number of carbonyl (C=O) groups excluding carboxylic acids is 1. The molecule has 0 fully saturated rings. The fourth-order valence-electron chi connectivity index (χ4n) is 2.91. The Bertz CT molecular complexity index is 624. The van der Waals surface area contributed by atoms with E-state index in [9.17, 15) is 18.0 Å². The average Bonchev–Trinajstić information content (AvgIpc) is 2.37. The summed E-state index contributed by atoms with van der Waals surface area (Å²) < 4.78 is 43.8. The SMILES string of the molecule is CC(C)Oc1cc2c(cc1N)CN(C(=O)C(F)(F)F)CC2(C)C. The van der Waals surface area contributed by atoms with Gasteiger partial charge < -0.3 is 15.4 Å². The molecule has 4 nitrogen and oxygen atoms in total. The predicted molar refractivity (Wildman–Crippen MR) is 81.1 cm³/mol. The number of hydrogen-bond acceptors (Lipinski definition) is 3. The van der Waals surface area contributed by atoms with Gasteiger partial charge in [0.25, 0.3) is 0 Å². The number of rotatable bonds is 2. The molecule has 1 aromatic rings. The number of nitrogens with two attached hydrogens (primary N) is 1. The predicted octanol–water partition coefficient (Wildman–Crippen LogP) is 3.24. The maximum atomic E-state index is 12.7. The number of carbonyl (C=O) groups is 1. The molecule has 1 aliphatic heterocycles. The molecule has 0 atom stereocenters. The highest BCUT2D eigenvalue weighted by Crippen LogP contribution is 2.39. The Balaban J connectivity index is 2.42. The topological polar surface area (TPSA) is 55.6 Å². The number of nitrogens with zero attached hydrogens (tertiary/aromatic N) is 1. The first-order valence-corrected chi connectivity index (χ1v) is 7.37. The molecule has 0 spiro atoms. The molecule has 0 aliphatic carbocycles. The highest BCUT2D eigenvalue weighted by molar-refractivity contribution is 5.82. The quantitative estimate of drug-likeness (QED) is 0.847. The Kier molecular flexibility index (Phi) is 4.26. The first kappa shape index (κ1) is 17.4. The average molecular weight is 330 g/mol. The van der Waals surface area contributed by atoms with E-state index in [-0.39, 0.29) is 19.2 Å². The summed E-state index contributed by atoms with van der Waals surface area (Å²) in [7, 11) is 0. The van der Waals surface area contributed by atoms with Gasteiger partial charge in [-0.1, -0.05) is 13.8 Å². The van der Waals surface area contributed by atoms with Crippen molar-refractivity contribution in [3.63, 3.8) is 0 Å². The first-order chi connectivity index (χ1) is 10.4. The summed E-state index contributed by atoms with van der Waals surface area (Å²) in [6.45, 7) is 7.22. The standard InChI is InChI=1S/C16H21F3N2O2/c1-9(2)23-13-6-11-10(5-12(13)20)7-21(8-15(11,3)4)14(22)16(17,18)19/h5-6,9H,7-8,20H2,1-4H3. The minimum Gasteiger partial charge on any atom is -0.489 e. The van der Waals surface area contributed by atoms with Crippen LogP contribution in [0.4, 0.5) is 18.9 Å². The van der Waals surface area contributed by atoms with E-state index < -0.39 is 17.5 Å². The van der Waals surface area contributed by atoms with Crippen molar-refractivity contribution in [2.75, 3.05) is 12.3 Å². The molecular formula is C16H21F3N2O2. The molecule has 0 radical (unpaired) electrons. The molecule has 1 heterocycles. The Morgan fingerprint density at radius 3 is 2.48 bits per heavy atom. The number of benzene rings is 1. The molecule has 0 saturated carbocycles. The van der Waals surface area contributed by atoms with E-state index in [1.165, 1.54) is 0 Å². The lowest BCUT2D eigenvalue weighted by Crippen LogP contribution is -2.49. The van der Waals surface area contributed by atoms with Crippen molar-refractivity contribution in [2.24, 2.45) is 0 Å². The van der Waals surface area contributed by atoms with Gasteiger partial charge in [0.05, 0.1) is 11.8 Å². The lowest BCUT2D eigenvalue weighted by atomic mass is 9.78. The van der Waals surface area contributed by atoms with E-state index in [0.717, 1.165) is 10.5 Å². The Morgan fingerprint density at radius 2 is 1.96 bits per heavy atom. The smallest absolute Gasteiger partial charge is 0.471 e. The number of alkyl halides is 3. The van der Waals surface area contributed by atoms with E-state index >= 15 is 0 Å². The van der Waals surface area contributed by atoms with Crippen LogP contribution in [0, 0.1) is 0 Å². The van der Waals surface area contributed by atoms with Crippen LogP contribution in [0.15, 0.2) is 12.1 Å². The molecule has 0 bridgehead atoms. The number of ether oxygens (including phenoxy) is 1. The molecule has 0 unspecified atom stereocenters. The second-order valence-corrected chi connectivity index (χ2v) is 6.76. The van der Waals surface area contributed by atoms with Crippen LogP contribution in [0.1, 0.15) is 38.8 Å². The zero-order chi connectivity index (χ0) is 17.6. The molecule has 128 valence electrons. The third-order valence-electron chi connectivity index (χ3n) is 3.80. The maximum Gasteiger partial charge on any atom is 0.471 e. The van der Waals surface area contributed by atoms with E-state index in [1.54, 1.807) is 26.0 Å². The molecule has 0 saturated heterocycles. The van der Waals surface area contributed by atoms with Gasteiger partial charge in [-0.05, 0) is 37.1 Å². The molecule has 23 heavy (non-hydrogen) atoms. The van der Waals surface area contributed by atoms with Crippen molar-refractivity contribution in [1.82, 2.24) is 4.90 Å². The number of hydrogen-bond donors (Lipinski definition) is 1. The fraction of sp³-hybridized carbons (Fsp3) is 0.562. The molecular weight excluding hydrogens is 309 g/mol. The van der Waals surface area contributed by atoms with Crippen LogP contribution >= 0.6 is 0 Å². The summed E-state index contributed by atoms with van der Waals surface area (Å²) in [5.41, 5.74) is 7.14. The van der Waals surface area contributed by atoms with Crippen molar-refractivity contribution in [1.29, 1.82) is 0 Å². The van der Waals surface area contributed by atoms with Gasteiger partial charge in [-0.3, -0.25) is 4.79 Å². The summed E-state index contributed by atoms with van der Waals surface area (Å²) in [5.74, 6) is -1.31. The molecule has 2 rings (SSSR count). The van der Waals surface area contributed by atoms with E-state index in [1.807, 2.05) is 13.8 Å². The van der Waals surface area contributed by atoms with Crippen LogP contribution in [0.5, 0.6) is 5.75 Å². The maximum absolute atomic E-state index is 12.7. The monoisotopic (exact) mass is 330 g/mol. The Labute approximate surface area is 133 Å². The summed E-state index contributed by atoms with van der Waals surface area (Å²) in [6, 6.07) is 3.38. The fourth-order valence-corrected chi connectivity index (χ4v) is 2.91. The normalized spacial score (nSPS) is 17.1. The van der Waals surface area contributed by atoms with Crippen LogP contribution in [-0.2, 0) is 16.8 Å². The lowest BCUT2D eigenvalue weighted by molar-refractivity contribution is -0.187. The number of nitrogen functional groups attached to an aromatic ring is 1. The van der Waals surface area contributed by atoms with Gasteiger partial charge in [-0.15, -0.1) is 0 Å². The number of fused-ring (bicyclic) bond motifs is 1. The van der Waals surface area contributed by atoms with Crippen LogP contribution in [-0.4, -0.2) is 29.6 Å². The molecule has 0 aromatic heterocycles. The van der Waals surface area contributed by atoms with Crippen molar-refractivity contribution in [2.45, 2.75) is 51.9 Å². The third kappa shape index (κ3) is 3.54. The van der Waals surface area contributed by atoms with Gasteiger partial charge in [0.1, 0.15) is 5.75 Å². The Morgan fingerprint density at radius 1 is 1.35 bits per heavy atom. The van der Waals surface area contributed by atoms with E-state index in [2.05, 4.69) is 0 Å². The van der Waals surface area contributed by atoms with Crippen molar-refractivity contribution in [3.8, 4) is 5.75 Å². The largest absolute Gasteiger partial charge is 0.489 e. The number of halogens is 3. The second-order valence-electron chi connectivity index (χ2n) is 6.76. The van der Waals surface area contributed by atoms with Gasteiger partial charge in [0.2, 0.25) is 0 Å². The third-order valence-corrected chi connectivity index (χ3v) is 3.80. The van der Waals surface area contributed by atoms with Gasteiger partial charge in [-0.2, -0.15) is 13.2 Å². The summed E-state index contributed by atoms with van der Waals surface area (Å²) >= 11 is 0. The number of amides is 1. The minimum absolute atomic E-state index is 0.0105. The molecule has 1 aromatic carbocycles. The van der Waals surface area contributed by atoms with Crippen LogP contribution in [0.3, 0.4) is 0 Å². The summed E-state index contributed by atoms with van der Waals surface area (Å²) in [4.78, 5) is 12.4. The second kappa shape index (κ2) is 5.62. The molecule has 2 N–H and O–H groups in total.